The Bertz CT molecular complexity index is 450. The zero-order valence-corrected chi connectivity index (χ0v) is 14.2. The molecule has 118 valence electrons. The molecule has 0 unspecified atom stereocenters. The van der Waals surface area contributed by atoms with Gasteiger partial charge in [-0.3, -0.25) is 4.79 Å². The van der Waals surface area contributed by atoms with Crippen molar-refractivity contribution < 1.29 is 4.79 Å². The van der Waals surface area contributed by atoms with Crippen LogP contribution in [0.15, 0.2) is 5.38 Å². The highest BCUT2D eigenvalue weighted by Gasteiger charge is 2.24. The minimum Gasteiger partial charge on any atom is -0.337 e. The molecule has 1 saturated heterocycles. The summed E-state index contributed by atoms with van der Waals surface area (Å²) < 4.78 is 0. The summed E-state index contributed by atoms with van der Waals surface area (Å²) in [5, 5.41) is 6.40. The van der Waals surface area contributed by atoms with Crippen molar-refractivity contribution in [3.63, 3.8) is 0 Å². The van der Waals surface area contributed by atoms with Gasteiger partial charge >= 0.3 is 0 Å². The van der Waals surface area contributed by atoms with Crippen LogP contribution in [0.5, 0.6) is 0 Å². The largest absolute Gasteiger partial charge is 0.337 e. The van der Waals surface area contributed by atoms with Crippen LogP contribution < -0.4 is 5.32 Å². The Morgan fingerprint density at radius 3 is 2.81 bits per heavy atom. The van der Waals surface area contributed by atoms with Crippen molar-refractivity contribution in [3.05, 3.63) is 16.1 Å². The van der Waals surface area contributed by atoms with Crippen LogP contribution in [-0.4, -0.2) is 42.0 Å². The van der Waals surface area contributed by atoms with E-state index in [-0.39, 0.29) is 5.91 Å². The van der Waals surface area contributed by atoms with E-state index in [9.17, 15) is 4.79 Å². The number of carbonyl (C=O) groups is 1. The molecular formula is C16H27N3OS. The predicted molar refractivity (Wildman–Crippen MR) is 87.8 cm³/mol. The lowest BCUT2D eigenvalue weighted by molar-refractivity contribution is 0.0685. The lowest BCUT2D eigenvalue weighted by Gasteiger charge is -2.31. The number of hydrogen-bond donors (Lipinski definition) is 1. The lowest BCUT2D eigenvalue weighted by Crippen LogP contribution is -2.40. The van der Waals surface area contributed by atoms with E-state index < -0.39 is 0 Å². The van der Waals surface area contributed by atoms with E-state index in [0.717, 1.165) is 50.4 Å². The van der Waals surface area contributed by atoms with Crippen LogP contribution in [0.3, 0.4) is 0 Å². The minimum absolute atomic E-state index is 0.114. The van der Waals surface area contributed by atoms with Crippen molar-refractivity contribution in [2.75, 3.05) is 26.2 Å². The van der Waals surface area contributed by atoms with E-state index in [1.165, 1.54) is 0 Å². The average molecular weight is 309 g/mol. The zero-order chi connectivity index (χ0) is 15.2. The van der Waals surface area contributed by atoms with Crippen LogP contribution >= 0.6 is 11.3 Å². The Kier molecular flexibility index (Phi) is 6.18. The number of hydrogen-bond acceptors (Lipinski definition) is 4. The number of nitrogens with one attached hydrogen (secondary N) is 1. The number of thiazole rings is 1. The molecule has 0 aromatic carbocycles. The smallest absolute Gasteiger partial charge is 0.273 e. The maximum atomic E-state index is 12.5. The van der Waals surface area contributed by atoms with Crippen LogP contribution in [0.1, 0.15) is 49.1 Å². The first kappa shape index (κ1) is 16.4. The molecule has 1 aliphatic heterocycles. The second-order valence-electron chi connectivity index (χ2n) is 6.27. The second kappa shape index (κ2) is 7.90. The van der Waals surface area contributed by atoms with E-state index in [0.29, 0.717) is 17.5 Å². The van der Waals surface area contributed by atoms with E-state index in [4.69, 9.17) is 0 Å². The van der Waals surface area contributed by atoms with E-state index >= 15 is 0 Å². The van der Waals surface area contributed by atoms with Gasteiger partial charge in [0.25, 0.3) is 5.91 Å². The number of nitrogens with zero attached hydrogens (tertiary/aromatic N) is 2. The normalized spacial score (nSPS) is 16.7. The van der Waals surface area contributed by atoms with Crippen molar-refractivity contribution >= 4 is 17.2 Å². The molecule has 1 aliphatic rings. The second-order valence-corrected chi connectivity index (χ2v) is 7.21. The van der Waals surface area contributed by atoms with Crippen molar-refractivity contribution in [1.29, 1.82) is 0 Å². The zero-order valence-electron chi connectivity index (χ0n) is 13.4. The van der Waals surface area contributed by atoms with E-state index in [1.807, 2.05) is 10.3 Å². The van der Waals surface area contributed by atoms with Crippen LogP contribution in [0.2, 0.25) is 0 Å². The monoisotopic (exact) mass is 309 g/mol. The highest BCUT2D eigenvalue weighted by molar-refractivity contribution is 7.09. The molecular weight excluding hydrogens is 282 g/mol. The van der Waals surface area contributed by atoms with E-state index in [2.05, 4.69) is 31.1 Å². The number of amides is 1. The van der Waals surface area contributed by atoms with Gasteiger partial charge in [-0.1, -0.05) is 20.8 Å². The molecule has 21 heavy (non-hydrogen) atoms. The summed E-state index contributed by atoms with van der Waals surface area (Å²) in [5.74, 6) is 1.41. The Morgan fingerprint density at radius 1 is 1.48 bits per heavy atom. The fourth-order valence-corrected chi connectivity index (χ4v) is 3.68. The topological polar surface area (TPSA) is 45.2 Å². The Labute approximate surface area is 132 Å². The standard InChI is InChI=1S/C16H27N3OS/c1-4-17-10-13-5-7-19(8-6-13)16(20)14-11-21-15(18-14)9-12(2)3/h11-13,17H,4-10H2,1-3H3. The minimum atomic E-state index is 0.114. The summed E-state index contributed by atoms with van der Waals surface area (Å²) in [7, 11) is 0. The van der Waals surface area contributed by atoms with Crippen molar-refractivity contribution in [2.45, 2.75) is 40.0 Å². The molecule has 0 saturated carbocycles. The van der Waals surface area contributed by atoms with Crippen LogP contribution in [0, 0.1) is 11.8 Å². The van der Waals surface area contributed by atoms with Crippen molar-refractivity contribution in [3.8, 4) is 0 Å². The maximum absolute atomic E-state index is 12.5. The number of likely N-dealkylation sites (tertiary alicyclic amines) is 1. The molecule has 2 heterocycles. The number of rotatable bonds is 6. The molecule has 0 atom stereocenters. The lowest BCUT2D eigenvalue weighted by atomic mass is 9.96. The summed E-state index contributed by atoms with van der Waals surface area (Å²) in [6, 6.07) is 0. The van der Waals surface area contributed by atoms with Crippen LogP contribution in [0.25, 0.3) is 0 Å². The first-order valence-corrected chi connectivity index (χ1v) is 8.92. The molecule has 0 bridgehead atoms. The van der Waals surface area contributed by atoms with E-state index in [1.54, 1.807) is 11.3 Å². The molecule has 1 amide bonds. The van der Waals surface area contributed by atoms with Gasteiger partial charge in [0.15, 0.2) is 0 Å². The molecule has 5 heteroatoms. The summed E-state index contributed by atoms with van der Waals surface area (Å²) in [4.78, 5) is 19.0. The van der Waals surface area contributed by atoms with Crippen LogP contribution in [-0.2, 0) is 6.42 Å². The average Bonchev–Trinajstić information content (AvgIpc) is 2.92. The fourth-order valence-electron chi connectivity index (χ4n) is 2.70. The predicted octanol–water partition coefficient (Wildman–Crippen LogP) is 2.80. The SMILES string of the molecule is CCNCC1CCN(C(=O)c2csc(CC(C)C)n2)CC1. The highest BCUT2D eigenvalue weighted by Crippen LogP contribution is 2.20. The molecule has 0 spiro atoms. The Balaban J connectivity index is 1.85. The Hall–Kier alpha value is -0.940. The molecule has 1 fully saturated rings. The third-order valence-corrected chi connectivity index (χ3v) is 4.81. The van der Waals surface area contributed by atoms with Gasteiger partial charge in [-0.2, -0.15) is 0 Å². The molecule has 2 rings (SSSR count). The van der Waals surface area contributed by atoms with Gasteiger partial charge in [0.05, 0.1) is 5.01 Å². The third-order valence-electron chi connectivity index (χ3n) is 3.94. The number of aromatic nitrogens is 1. The quantitative estimate of drug-likeness (QED) is 0.879. The van der Waals surface area contributed by atoms with Gasteiger partial charge in [0, 0.05) is 24.9 Å². The van der Waals surface area contributed by atoms with Gasteiger partial charge < -0.3 is 10.2 Å². The first-order chi connectivity index (χ1) is 10.1. The molecule has 1 aromatic heterocycles. The number of carbonyl (C=O) groups excluding carboxylic acids is 1. The maximum Gasteiger partial charge on any atom is 0.273 e. The fraction of sp³-hybridized carbons (Fsp3) is 0.750. The summed E-state index contributed by atoms with van der Waals surface area (Å²) in [6.45, 7) is 10.3. The van der Waals surface area contributed by atoms with Gasteiger partial charge in [-0.05, 0) is 37.8 Å². The van der Waals surface area contributed by atoms with Crippen molar-refractivity contribution in [1.82, 2.24) is 15.2 Å². The summed E-state index contributed by atoms with van der Waals surface area (Å²) in [5.41, 5.74) is 0.640. The summed E-state index contributed by atoms with van der Waals surface area (Å²) in [6.07, 6.45) is 3.16. The number of piperidine rings is 1. The molecule has 1 aromatic rings. The van der Waals surface area contributed by atoms with Gasteiger partial charge in [0.2, 0.25) is 0 Å². The molecule has 0 radical (unpaired) electrons. The molecule has 4 nitrogen and oxygen atoms in total. The highest BCUT2D eigenvalue weighted by atomic mass is 32.1. The van der Waals surface area contributed by atoms with Gasteiger partial charge in [-0.25, -0.2) is 4.98 Å². The third kappa shape index (κ3) is 4.78. The Morgan fingerprint density at radius 2 is 2.19 bits per heavy atom. The molecule has 1 N–H and O–H groups in total. The summed E-state index contributed by atoms with van der Waals surface area (Å²) >= 11 is 1.61. The van der Waals surface area contributed by atoms with Gasteiger partial charge in [0.1, 0.15) is 5.69 Å². The molecule has 0 aliphatic carbocycles. The first-order valence-electron chi connectivity index (χ1n) is 8.04. The van der Waals surface area contributed by atoms with Crippen LogP contribution in [0.4, 0.5) is 0 Å². The van der Waals surface area contributed by atoms with Gasteiger partial charge in [-0.15, -0.1) is 11.3 Å². The van der Waals surface area contributed by atoms with Crippen molar-refractivity contribution in [2.24, 2.45) is 11.8 Å².